The molecular weight excluding hydrogens is 360 g/mol. The van der Waals surface area contributed by atoms with Crippen LogP contribution in [0.25, 0.3) is 0 Å². The Kier molecular flexibility index (Phi) is 6.17. The first-order valence-corrected chi connectivity index (χ1v) is 9.81. The van der Waals surface area contributed by atoms with Crippen LogP contribution in [0.15, 0.2) is 42.5 Å². The number of nitrogens with zero attached hydrogens (tertiary/aromatic N) is 1. The van der Waals surface area contributed by atoms with E-state index in [1.54, 1.807) is 29.2 Å². The second-order valence-corrected chi connectivity index (χ2v) is 7.47. The van der Waals surface area contributed by atoms with Gasteiger partial charge in [0.05, 0.1) is 0 Å². The van der Waals surface area contributed by atoms with Crippen LogP contribution < -0.4 is 5.32 Å². The highest BCUT2D eigenvalue weighted by atomic mass is 35.5. The van der Waals surface area contributed by atoms with E-state index >= 15 is 0 Å². The number of likely N-dealkylation sites (tertiary alicyclic amines) is 1. The van der Waals surface area contributed by atoms with Crippen molar-refractivity contribution in [3.8, 4) is 0 Å². The number of carbonyl (C=O) groups excluding carboxylic acids is 2. The number of benzene rings is 2. The fourth-order valence-corrected chi connectivity index (χ4v) is 3.77. The third-order valence-corrected chi connectivity index (χ3v) is 5.45. The maximum atomic E-state index is 12.7. The van der Waals surface area contributed by atoms with Gasteiger partial charge in [0.15, 0.2) is 0 Å². The Labute approximate surface area is 165 Å². The van der Waals surface area contributed by atoms with Crippen molar-refractivity contribution in [3.63, 3.8) is 0 Å². The molecule has 0 unspecified atom stereocenters. The van der Waals surface area contributed by atoms with Crippen molar-refractivity contribution in [2.45, 2.75) is 33.1 Å². The molecule has 0 atom stereocenters. The van der Waals surface area contributed by atoms with E-state index in [4.69, 9.17) is 11.6 Å². The van der Waals surface area contributed by atoms with Crippen molar-refractivity contribution < 1.29 is 9.59 Å². The van der Waals surface area contributed by atoms with Gasteiger partial charge in [-0.25, -0.2) is 0 Å². The predicted octanol–water partition coefficient (Wildman–Crippen LogP) is 4.70. The lowest BCUT2D eigenvalue weighted by molar-refractivity contribution is -0.121. The molecule has 0 saturated carbocycles. The zero-order chi connectivity index (χ0) is 19.4. The number of piperidine rings is 1. The van der Waals surface area contributed by atoms with Crippen LogP contribution in [0.4, 0.5) is 5.69 Å². The minimum Gasteiger partial charge on any atom is -0.339 e. The highest BCUT2D eigenvalue weighted by Crippen LogP contribution is 2.25. The summed E-state index contributed by atoms with van der Waals surface area (Å²) < 4.78 is 0. The molecule has 1 N–H and O–H groups in total. The summed E-state index contributed by atoms with van der Waals surface area (Å²) in [6.45, 7) is 5.26. The lowest BCUT2D eigenvalue weighted by Gasteiger charge is -2.31. The van der Waals surface area contributed by atoms with Gasteiger partial charge in [0.1, 0.15) is 0 Å². The molecule has 2 amide bonds. The molecule has 27 heavy (non-hydrogen) atoms. The van der Waals surface area contributed by atoms with Gasteiger partial charge in [0.2, 0.25) is 5.91 Å². The Morgan fingerprint density at radius 2 is 1.85 bits per heavy atom. The molecule has 0 spiro atoms. The molecule has 2 aromatic rings. The Morgan fingerprint density at radius 1 is 1.15 bits per heavy atom. The lowest BCUT2D eigenvalue weighted by atomic mass is 9.94. The average Bonchev–Trinajstić information content (AvgIpc) is 2.69. The van der Waals surface area contributed by atoms with Gasteiger partial charge in [-0.05, 0) is 55.5 Å². The number of nitrogens with one attached hydrogen (secondary N) is 1. The number of hydrogen-bond donors (Lipinski definition) is 1. The molecule has 1 heterocycles. The average molecular weight is 385 g/mol. The van der Waals surface area contributed by atoms with Crippen molar-refractivity contribution in [2.75, 3.05) is 18.4 Å². The zero-order valence-electron chi connectivity index (χ0n) is 15.8. The van der Waals surface area contributed by atoms with Crippen LogP contribution in [0.2, 0.25) is 5.02 Å². The maximum absolute atomic E-state index is 12.7. The van der Waals surface area contributed by atoms with Crippen LogP contribution in [0, 0.1) is 12.8 Å². The number of rotatable bonds is 4. The fourth-order valence-electron chi connectivity index (χ4n) is 3.58. The van der Waals surface area contributed by atoms with Crippen LogP contribution >= 0.6 is 11.6 Å². The fraction of sp³-hybridized carbons (Fsp3) is 0.364. The van der Waals surface area contributed by atoms with E-state index in [9.17, 15) is 9.59 Å². The van der Waals surface area contributed by atoms with Gasteiger partial charge >= 0.3 is 0 Å². The normalized spacial score (nSPS) is 14.9. The van der Waals surface area contributed by atoms with Crippen LogP contribution in [0.3, 0.4) is 0 Å². The summed E-state index contributed by atoms with van der Waals surface area (Å²) in [6, 6.07) is 13.1. The Hall–Kier alpha value is -2.33. The van der Waals surface area contributed by atoms with Crippen LogP contribution in [0.5, 0.6) is 0 Å². The van der Waals surface area contributed by atoms with Crippen molar-refractivity contribution in [2.24, 2.45) is 5.92 Å². The van der Waals surface area contributed by atoms with E-state index < -0.39 is 0 Å². The third kappa shape index (κ3) is 4.51. The van der Waals surface area contributed by atoms with Gasteiger partial charge in [-0.15, -0.1) is 0 Å². The monoisotopic (exact) mass is 384 g/mol. The van der Waals surface area contributed by atoms with Crippen LogP contribution in [0.1, 0.15) is 41.3 Å². The number of hydrogen-bond acceptors (Lipinski definition) is 2. The van der Waals surface area contributed by atoms with Gasteiger partial charge < -0.3 is 10.2 Å². The van der Waals surface area contributed by atoms with Gasteiger partial charge in [0, 0.05) is 35.3 Å². The number of amides is 2. The minimum atomic E-state index is -0.0716. The number of carbonyl (C=O) groups is 2. The number of halogens is 1. The van der Waals surface area contributed by atoms with Crippen LogP contribution in [-0.4, -0.2) is 29.8 Å². The Bertz CT molecular complexity index is 842. The second kappa shape index (κ2) is 8.57. The van der Waals surface area contributed by atoms with E-state index in [-0.39, 0.29) is 17.7 Å². The molecule has 0 bridgehead atoms. The molecule has 2 aromatic carbocycles. The Balaban J connectivity index is 1.61. The van der Waals surface area contributed by atoms with Gasteiger partial charge in [-0.2, -0.15) is 0 Å². The first-order valence-electron chi connectivity index (χ1n) is 9.43. The summed E-state index contributed by atoms with van der Waals surface area (Å²) in [7, 11) is 0. The number of aryl methyl sites for hydroxylation is 2. The van der Waals surface area contributed by atoms with Crippen molar-refractivity contribution in [1.82, 2.24) is 4.90 Å². The molecule has 0 aliphatic carbocycles. The largest absolute Gasteiger partial charge is 0.339 e. The SMILES string of the molecule is CCc1cccc(C)c1NC(=O)C1CCN(C(=O)c2cccc(Cl)c2)CC1. The summed E-state index contributed by atoms with van der Waals surface area (Å²) >= 11 is 5.98. The molecular formula is C22H25ClN2O2. The molecule has 1 saturated heterocycles. The van der Waals surface area contributed by atoms with Gasteiger partial charge in [0.25, 0.3) is 5.91 Å². The zero-order valence-corrected chi connectivity index (χ0v) is 16.6. The van der Waals surface area contributed by atoms with Crippen molar-refractivity contribution in [3.05, 3.63) is 64.2 Å². The molecule has 5 heteroatoms. The third-order valence-electron chi connectivity index (χ3n) is 5.21. The quantitative estimate of drug-likeness (QED) is 0.830. The van der Waals surface area contributed by atoms with E-state index in [0.717, 1.165) is 23.2 Å². The van der Waals surface area contributed by atoms with Crippen molar-refractivity contribution >= 4 is 29.1 Å². The smallest absolute Gasteiger partial charge is 0.253 e. The summed E-state index contributed by atoms with van der Waals surface area (Å²) in [5.41, 5.74) is 3.76. The standard InChI is InChI=1S/C22H25ClN2O2/c1-3-16-7-4-6-15(2)20(16)24-21(26)17-10-12-25(13-11-17)22(27)18-8-5-9-19(23)14-18/h4-9,14,17H,3,10-13H2,1-2H3,(H,24,26). The predicted molar refractivity (Wildman–Crippen MR) is 109 cm³/mol. The second-order valence-electron chi connectivity index (χ2n) is 7.03. The molecule has 0 radical (unpaired) electrons. The molecule has 3 rings (SSSR count). The van der Waals surface area contributed by atoms with E-state index in [0.29, 0.717) is 36.5 Å². The summed E-state index contributed by atoms with van der Waals surface area (Å²) in [5, 5.41) is 3.68. The number of para-hydroxylation sites is 1. The summed E-state index contributed by atoms with van der Waals surface area (Å²) in [4.78, 5) is 27.2. The van der Waals surface area contributed by atoms with E-state index in [1.165, 1.54) is 0 Å². The molecule has 1 fully saturated rings. The Morgan fingerprint density at radius 3 is 2.52 bits per heavy atom. The summed E-state index contributed by atoms with van der Waals surface area (Å²) in [6.07, 6.45) is 2.22. The topological polar surface area (TPSA) is 49.4 Å². The molecule has 1 aliphatic heterocycles. The van der Waals surface area contributed by atoms with Gasteiger partial charge in [-0.1, -0.05) is 42.8 Å². The van der Waals surface area contributed by atoms with E-state index in [2.05, 4.69) is 18.3 Å². The molecule has 0 aromatic heterocycles. The van der Waals surface area contributed by atoms with Crippen molar-refractivity contribution in [1.29, 1.82) is 0 Å². The van der Waals surface area contributed by atoms with Crippen LogP contribution in [-0.2, 0) is 11.2 Å². The van der Waals surface area contributed by atoms with E-state index in [1.807, 2.05) is 19.1 Å². The highest BCUT2D eigenvalue weighted by Gasteiger charge is 2.28. The summed E-state index contributed by atoms with van der Waals surface area (Å²) in [5.74, 6) is -0.0462. The minimum absolute atomic E-state index is 0.0245. The molecule has 4 nitrogen and oxygen atoms in total. The number of anilines is 1. The maximum Gasteiger partial charge on any atom is 0.253 e. The first-order chi connectivity index (χ1) is 13.0. The lowest BCUT2D eigenvalue weighted by Crippen LogP contribution is -2.41. The highest BCUT2D eigenvalue weighted by molar-refractivity contribution is 6.30. The first kappa shape index (κ1) is 19.4. The molecule has 1 aliphatic rings. The molecule has 142 valence electrons. The van der Waals surface area contributed by atoms with Gasteiger partial charge in [-0.3, -0.25) is 9.59 Å².